The fraction of sp³-hybridized carbons (Fsp3) is 0.235. The SMILES string of the molecule is CC(=O)OCC(C)c1ccc2c(c1)Sc1cc(F)ccc1S2. The standard InChI is InChI=1S/C17H15FO2S2/c1-10(9-20-11(2)19)12-3-5-14-16(7-12)22-17-8-13(18)4-6-15(17)21-14/h3-8,10H,9H2,1-2H3. The van der Waals surface area contributed by atoms with Gasteiger partial charge in [-0.05, 0) is 35.9 Å². The molecule has 2 aromatic carbocycles. The minimum absolute atomic E-state index is 0.133. The van der Waals surface area contributed by atoms with Crippen LogP contribution in [0.2, 0.25) is 0 Å². The van der Waals surface area contributed by atoms with E-state index < -0.39 is 0 Å². The van der Waals surface area contributed by atoms with Gasteiger partial charge in [0.1, 0.15) is 5.82 Å². The number of benzene rings is 2. The first kappa shape index (κ1) is 15.4. The summed E-state index contributed by atoms with van der Waals surface area (Å²) < 4.78 is 18.5. The first-order valence-electron chi connectivity index (χ1n) is 6.95. The molecule has 0 fully saturated rings. The van der Waals surface area contributed by atoms with Crippen molar-refractivity contribution in [1.82, 2.24) is 0 Å². The Morgan fingerprint density at radius 3 is 2.45 bits per heavy atom. The largest absolute Gasteiger partial charge is 0.465 e. The summed E-state index contributed by atoms with van der Waals surface area (Å²) in [5.41, 5.74) is 1.12. The fourth-order valence-electron chi connectivity index (χ4n) is 2.22. The van der Waals surface area contributed by atoms with Gasteiger partial charge in [0.15, 0.2) is 0 Å². The predicted molar refractivity (Wildman–Crippen MR) is 86.1 cm³/mol. The van der Waals surface area contributed by atoms with Crippen LogP contribution in [-0.4, -0.2) is 12.6 Å². The van der Waals surface area contributed by atoms with Gasteiger partial charge < -0.3 is 4.74 Å². The lowest BCUT2D eigenvalue weighted by Gasteiger charge is -2.20. The average Bonchev–Trinajstić information content (AvgIpc) is 2.50. The Kier molecular flexibility index (Phi) is 4.45. The highest BCUT2D eigenvalue weighted by atomic mass is 32.2. The van der Waals surface area contributed by atoms with Crippen LogP contribution in [0.25, 0.3) is 0 Å². The van der Waals surface area contributed by atoms with Crippen LogP contribution in [0, 0.1) is 5.82 Å². The average molecular weight is 334 g/mol. The van der Waals surface area contributed by atoms with Crippen molar-refractivity contribution in [2.75, 3.05) is 6.61 Å². The molecule has 0 bridgehead atoms. The van der Waals surface area contributed by atoms with Gasteiger partial charge in [0.25, 0.3) is 0 Å². The maximum Gasteiger partial charge on any atom is 0.302 e. The first-order chi connectivity index (χ1) is 10.5. The van der Waals surface area contributed by atoms with Gasteiger partial charge in [0, 0.05) is 32.4 Å². The summed E-state index contributed by atoms with van der Waals surface area (Å²) in [6.45, 7) is 3.81. The summed E-state index contributed by atoms with van der Waals surface area (Å²) in [4.78, 5) is 15.2. The van der Waals surface area contributed by atoms with Gasteiger partial charge in [0.2, 0.25) is 0 Å². The third kappa shape index (κ3) is 3.31. The topological polar surface area (TPSA) is 26.3 Å². The zero-order valence-electron chi connectivity index (χ0n) is 12.3. The van der Waals surface area contributed by atoms with E-state index in [1.165, 1.54) is 17.9 Å². The Balaban J connectivity index is 1.83. The number of carbonyl (C=O) groups is 1. The van der Waals surface area contributed by atoms with E-state index in [4.69, 9.17) is 4.74 Å². The van der Waals surface area contributed by atoms with Crippen LogP contribution in [0.4, 0.5) is 4.39 Å². The van der Waals surface area contributed by atoms with Gasteiger partial charge in [0.05, 0.1) is 6.61 Å². The minimum atomic E-state index is -0.265. The number of hydrogen-bond acceptors (Lipinski definition) is 4. The molecule has 0 aromatic heterocycles. The number of ether oxygens (including phenoxy) is 1. The summed E-state index contributed by atoms with van der Waals surface area (Å²) in [5.74, 6) is -0.345. The number of esters is 1. The molecule has 5 heteroatoms. The van der Waals surface area contributed by atoms with Crippen molar-refractivity contribution in [3.63, 3.8) is 0 Å². The fourth-order valence-corrected chi connectivity index (χ4v) is 4.49. The van der Waals surface area contributed by atoms with Crippen molar-refractivity contribution < 1.29 is 13.9 Å². The van der Waals surface area contributed by atoms with Crippen LogP contribution in [0.5, 0.6) is 0 Å². The smallest absolute Gasteiger partial charge is 0.302 e. The third-order valence-corrected chi connectivity index (χ3v) is 5.94. The van der Waals surface area contributed by atoms with Gasteiger partial charge >= 0.3 is 5.97 Å². The molecule has 1 heterocycles. The Hall–Kier alpha value is -1.46. The maximum absolute atomic E-state index is 13.4. The number of hydrogen-bond donors (Lipinski definition) is 0. The lowest BCUT2D eigenvalue weighted by molar-refractivity contribution is -0.141. The van der Waals surface area contributed by atoms with E-state index in [2.05, 4.69) is 18.2 Å². The second kappa shape index (κ2) is 6.34. The molecule has 0 saturated carbocycles. The quantitative estimate of drug-likeness (QED) is 0.622. The van der Waals surface area contributed by atoms with Crippen molar-refractivity contribution in [3.05, 3.63) is 47.8 Å². The molecule has 0 radical (unpaired) electrons. The Morgan fingerprint density at radius 1 is 1.09 bits per heavy atom. The zero-order valence-corrected chi connectivity index (χ0v) is 13.9. The van der Waals surface area contributed by atoms with Crippen LogP contribution in [0.1, 0.15) is 25.3 Å². The van der Waals surface area contributed by atoms with Crippen LogP contribution < -0.4 is 0 Å². The summed E-state index contributed by atoms with van der Waals surface area (Å²) >= 11 is 3.24. The van der Waals surface area contributed by atoms with Gasteiger partial charge in [-0.3, -0.25) is 4.79 Å². The molecule has 0 saturated heterocycles. The molecule has 1 aliphatic heterocycles. The van der Waals surface area contributed by atoms with E-state index in [-0.39, 0.29) is 17.7 Å². The molecule has 0 aliphatic carbocycles. The molecular formula is C17H15FO2S2. The second-order valence-electron chi connectivity index (χ2n) is 5.20. The summed E-state index contributed by atoms with van der Waals surface area (Å²) in [5, 5.41) is 0. The van der Waals surface area contributed by atoms with Crippen molar-refractivity contribution in [1.29, 1.82) is 0 Å². The van der Waals surface area contributed by atoms with Crippen LogP contribution >= 0.6 is 23.5 Å². The van der Waals surface area contributed by atoms with Crippen molar-refractivity contribution in [3.8, 4) is 0 Å². The Morgan fingerprint density at radius 2 is 1.73 bits per heavy atom. The van der Waals surface area contributed by atoms with Crippen molar-refractivity contribution in [2.45, 2.75) is 39.3 Å². The molecular weight excluding hydrogens is 319 g/mol. The highest BCUT2D eigenvalue weighted by Gasteiger charge is 2.19. The molecule has 2 aromatic rings. The minimum Gasteiger partial charge on any atom is -0.465 e. The van der Waals surface area contributed by atoms with E-state index in [1.807, 2.05) is 13.0 Å². The zero-order chi connectivity index (χ0) is 15.7. The van der Waals surface area contributed by atoms with Gasteiger partial charge in [-0.1, -0.05) is 36.5 Å². The number of fused-ring (bicyclic) bond motifs is 2. The molecule has 22 heavy (non-hydrogen) atoms. The molecule has 1 atom stereocenters. The molecule has 1 unspecified atom stereocenters. The van der Waals surface area contributed by atoms with Gasteiger partial charge in [-0.15, -0.1) is 0 Å². The van der Waals surface area contributed by atoms with Crippen LogP contribution in [0.15, 0.2) is 56.0 Å². The molecule has 114 valence electrons. The van der Waals surface area contributed by atoms with Crippen LogP contribution in [-0.2, 0) is 9.53 Å². The molecule has 3 rings (SSSR count). The van der Waals surface area contributed by atoms with E-state index in [1.54, 1.807) is 29.6 Å². The molecule has 1 aliphatic rings. The van der Waals surface area contributed by atoms with E-state index >= 15 is 0 Å². The lowest BCUT2D eigenvalue weighted by atomic mass is 10.0. The molecule has 2 nitrogen and oxygen atoms in total. The monoisotopic (exact) mass is 334 g/mol. The number of carbonyl (C=O) groups excluding carboxylic acids is 1. The maximum atomic E-state index is 13.4. The first-order valence-corrected chi connectivity index (χ1v) is 8.59. The third-order valence-electron chi connectivity index (χ3n) is 3.42. The van der Waals surface area contributed by atoms with Gasteiger partial charge in [-0.25, -0.2) is 4.39 Å². The molecule has 0 amide bonds. The molecule has 0 spiro atoms. The highest BCUT2D eigenvalue weighted by molar-refractivity contribution is 8.05. The second-order valence-corrected chi connectivity index (χ2v) is 7.37. The van der Waals surface area contributed by atoms with Crippen molar-refractivity contribution in [2.24, 2.45) is 0 Å². The lowest BCUT2D eigenvalue weighted by Crippen LogP contribution is -2.08. The van der Waals surface area contributed by atoms with E-state index in [0.717, 1.165) is 20.2 Å². The normalized spacial score (nSPS) is 14.0. The number of rotatable bonds is 3. The summed E-state index contributed by atoms with van der Waals surface area (Å²) in [7, 11) is 0. The van der Waals surface area contributed by atoms with E-state index in [0.29, 0.717) is 6.61 Å². The number of halogens is 1. The summed E-state index contributed by atoms with van der Waals surface area (Å²) in [6, 6.07) is 11.1. The van der Waals surface area contributed by atoms with E-state index in [9.17, 15) is 9.18 Å². The molecule has 0 N–H and O–H groups in total. The Labute approximate surface area is 137 Å². The Bertz CT molecular complexity index is 731. The predicted octanol–water partition coefficient (Wildman–Crippen LogP) is 5.11. The van der Waals surface area contributed by atoms with Crippen molar-refractivity contribution >= 4 is 29.5 Å². The summed E-state index contributed by atoms with van der Waals surface area (Å²) in [6.07, 6.45) is 0. The highest BCUT2D eigenvalue weighted by Crippen LogP contribution is 2.49. The van der Waals surface area contributed by atoms with Crippen LogP contribution in [0.3, 0.4) is 0 Å². The van der Waals surface area contributed by atoms with Gasteiger partial charge in [-0.2, -0.15) is 0 Å².